The fourth-order valence-electron chi connectivity index (χ4n) is 6.71. The molecule has 2 amide bonds. The van der Waals surface area contributed by atoms with Crippen LogP contribution in [0.25, 0.3) is 0 Å². The predicted molar refractivity (Wildman–Crippen MR) is 143 cm³/mol. The van der Waals surface area contributed by atoms with E-state index in [-0.39, 0.29) is 17.0 Å². The van der Waals surface area contributed by atoms with E-state index in [9.17, 15) is 4.79 Å². The zero-order valence-electron chi connectivity index (χ0n) is 22.2. The standard InChI is InChI=1S/C31H42N2O3/c1-4-24(2)18-30(27-8-6-5-7-9-27)14-16-31(17-15-30)23-32(19-25-10-12-28(35-3)13-11-25)29(34)33(31)20-26-21-36-22-26/h5-13,24,26H,4,14-23H2,1-3H3. The first-order valence-corrected chi connectivity index (χ1v) is 13.8. The number of carbonyl (C=O) groups excluding carboxylic acids is 1. The number of nitrogens with zero attached hydrogens (tertiary/aromatic N) is 2. The van der Waals surface area contributed by atoms with Gasteiger partial charge in [0.2, 0.25) is 0 Å². The monoisotopic (exact) mass is 490 g/mol. The molecule has 2 aliphatic heterocycles. The van der Waals surface area contributed by atoms with E-state index in [0.29, 0.717) is 18.4 Å². The van der Waals surface area contributed by atoms with Crippen molar-refractivity contribution in [1.29, 1.82) is 0 Å². The number of rotatable bonds is 9. The molecule has 1 atom stereocenters. The van der Waals surface area contributed by atoms with Gasteiger partial charge in [0.1, 0.15) is 5.75 Å². The summed E-state index contributed by atoms with van der Waals surface area (Å²) in [5.74, 6) is 2.01. The first-order chi connectivity index (χ1) is 17.5. The van der Waals surface area contributed by atoms with Crippen LogP contribution in [0.2, 0.25) is 0 Å². The maximum Gasteiger partial charge on any atom is 0.320 e. The van der Waals surface area contributed by atoms with Crippen LogP contribution in [-0.4, -0.2) is 54.8 Å². The Morgan fingerprint density at radius 3 is 2.31 bits per heavy atom. The average molecular weight is 491 g/mol. The normalized spacial score (nSPS) is 27.4. The summed E-state index contributed by atoms with van der Waals surface area (Å²) in [5, 5.41) is 0. The number of amides is 2. The molecule has 5 nitrogen and oxygen atoms in total. The lowest BCUT2D eigenvalue weighted by Crippen LogP contribution is -2.55. The third-order valence-corrected chi connectivity index (χ3v) is 9.20. The number of hydrogen-bond acceptors (Lipinski definition) is 3. The van der Waals surface area contributed by atoms with E-state index >= 15 is 0 Å². The molecule has 2 heterocycles. The Bertz CT molecular complexity index is 1010. The third-order valence-electron chi connectivity index (χ3n) is 9.20. The Labute approximate surface area is 216 Å². The zero-order valence-corrected chi connectivity index (χ0v) is 22.2. The maximum atomic E-state index is 13.8. The van der Waals surface area contributed by atoms with Crippen LogP contribution in [0.4, 0.5) is 4.79 Å². The molecule has 1 saturated carbocycles. The number of hydrogen-bond donors (Lipinski definition) is 0. The molecule has 0 aromatic heterocycles. The minimum atomic E-state index is -0.0765. The van der Waals surface area contributed by atoms with Crippen molar-refractivity contribution >= 4 is 6.03 Å². The van der Waals surface area contributed by atoms with Gasteiger partial charge in [0.25, 0.3) is 0 Å². The van der Waals surface area contributed by atoms with E-state index in [1.54, 1.807) is 7.11 Å². The third kappa shape index (κ3) is 4.87. The van der Waals surface area contributed by atoms with Gasteiger partial charge >= 0.3 is 6.03 Å². The maximum absolute atomic E-state index is 13.8. The van der Waals surface area contributed by atoms with Gasteiger partial charge < -0.3 is 19.3 Å². The molecule has 194 valence electrons. The van der Waals surface area contributed by atoms with Gasteiger partial charge in [0.15, 0.2) is 0 Å². The predicted octanol–water partition coefficient (Wildman–Crippen LogP) is 6.27. The molecule has 3 fully saturated rings. The Morgan fingerprint density at radius 1 is 1.03 bits per heavy atom. The molecule has 1 aliphatic carbocycles. The first kappa shape index (κ1) is 25.1. The highest BCUT2D eigenvalue weighted by molar-refractivity contribution is 5.78. The van der Waals surface area contributed by atoms with Crippen LogP contribution < -0.4 is 4.74 Å². The van der Waals surface area contributed by atoms with Gasteiger partial charge in [-0.2, -0.15) is 0 Å². The summed E-state index contributed by atoms with van der Waals surface area (Å²) in [4.78, 5) is 18.2. The molecule has 2 aromatic rings. The van der Waals surface area contributed by atoms with Crippen LogP contribution >= 0.6 is 0 Å². The molecule has 0 bridgehead atoms. The lowest BCUT2D eigenvalue weighted by molar-refractivity contribution is -0.0536. The second-order valence-electron chi connectivity index (χ2n) is 11.6. The van der Waals surface area contributed by atoms with Gasteiger partial charge in [-0.05, 0) is 66.7 Å². The Kier molecular flexibility index (Phi) is 7.30. The zero-order chi connectivity index (χ0) is 25.2. The lowest BCUT2D eigenvalue weighted by Gasteiger charge is -2.50. The van der Waals surface area contributed by atoms with Crippen LogP contribution in [0, 0.1) is 11.8 Å². The second-order valence-corrected chi connectivity index (χ2v) is 11.6. The van der Waals surface area contributed by atoms with Crippen molar-refractivity contribution in [3.05, 3.63) is 65.7 Å². The van der Waals surface area contributed by atoms with Crippen molar-refractivity contribution in [1.82, 2.24) is 9.80 Å². The Hall–Kier alpha value is -2.53. The van der Waals surface area contributed by atoms with Crippen LogP contribution in [0.1, 0.15) is 63.5 Å². The van der Waals surface area contributed by atoms with Crippen molar-refractivity contribution < 1.29 is 14.3 Å². The van der Waals surface area contributed by atoms with Gasteiger partial charge in [0, 0.05) is 25.6 Å². The van der Waals surface area contributed by atoms with Gasteiger partial charge in [0.05, 0.1) is 25.9 Å². The Balaban J connectivity index is 1.38. The van der Waals surface area contributed by atoms with Crippen LogP contribution in [-0.2, 0) is 16.7 Å². The van der Waals surface area contributed by atoms with E-state index in [1.807, 2.05) is 12.1 Å². The van der Waals surface area contributed by atoms with Gasteiger partial charge in [-0.15, -0.1) is 0 Å². The smallest absolute Gasteiger partial charge is 0.320 e. The highest BCUT2D eigenvalue weighted by Gasteiger charge is 2.54. The molecule has 1 spiro atoms. The molecule has 0 radical (unpaired) electrons. The summed E-state index contributed by atoms with van der Waals surface area (Å²) in [6.45, 7) is 8.55. The van der Waals surface area contributed by atoms with E-state index in [1.165, 1.54) is 18.4 Å². The molecule has 5 rings (SSSR count). The minimum Gasteiger partial charge on any atom is -0.497 e. The fourth-order valence-corrected chi connectivity index (χ4v) is 6.71. The molecular formula is C31H42N2O3. The second kappa shape index (κ2) is 10.5. The van der Waals surface area contributed by atoms with Gasteiger partial charge in [-0.3, -0.25) is 0 Å². The molecule has 1 unspecified atom stereocenters. The lowest BCUT2D eigenvalue weighted by atomic mass is 9.60. The van der Waals surface area contributed by atoms with Gasteiger partial charge in [-0.1, -0.05) is 62.7 Å². The van der Waals surface area contributed by atoms with Gasteiger partial charge in [-0.25, -0.2) is 4.79 Å². The highest BCUT2D eigenvalue weighted by Crippen LogP contribution is 2.51. The number of methoxy groups -OCH3 is 1. The summed E-state index contributed by atoms with van der Waals surface area (Å²) in [7, 11) is 1.69. The van der Waals surface area contributed by atoms with E-state index in [0.717, 1.165) is 63.3 Å². The van der Waals surface area contributed by atoms with Crippen molar-refractivity contribution in [3.63, 3.8) is 0 Å². The van der Waals surface area contributed by atoms with Crippen LogP contribution in [0.5, 0.6) is 5.75 Å². The first-order valence-electron chi connectivity index (χ1n) is 13.8. The summed E-state index contributed by atoms with van der Waals surface area (Å²) in [6.07, 6.45) is 6.85. The number of ether oxygens (including phenoxy) is 2. The molecular weight excluding hydrogens is 448 g/mol. The van der Waals surface area contributed by atoms with Crippen molar-refractivity contribution in [2.75, 3.05) is 33.4 Å². The highest BCUT2D eigenvalue weighted by atomic mass is 16.5. The summed E-state index contributed by atoms with van der Waals surface area (Å²) >= 11 is 0. The number of urea groups is 1. The van der Waals surface area contributed by atoms with E-state index in [4.69, 9.17) is 9.47 Å². The summed E-state index contributed by atoms with van der Waals surface area (Å²) in [5.41, 5.74) is 2.77. The fraction of sp³-hybridized carbons (Fsp3) is 0.581. The molecule has 36 heavy (non-hydrogen) atoms. The molecule has 5 heteroatoms. The van der Waals surface area contributed by atoms with Crippen molar-refractivity contribution in [3.8, 4) is 5.75 Å². The average Bonchev–Trinajstić information content (AvgIpc) is 3.13. The molecule has 2 saturated heterocycles. The summed E-state index contributed by atoms with van der Waals surface area (Å²) in [6, 6.07) is 19.5. The quantitative estimate of drug-likeness (QED) is 0.416. The minimum absolute atomic E-state index is 0.0765. The summed E-state index contributed by atoms with van der Waals surface area (Å²) < 4.78 is 10.8. The van der Waals surface area contributed by atoms with Crippen LogP contribution in [0.3, 0.4) is 0 Å². The van der Waals surface area contributed by atoms with Crippen molar-refractivity contribution in [2.24, 2.45) is 11.8 Å². The number of carbonyl (C=O) groups is 1. The van der Waals surface area contributed by atoms with Crippen molar-refractivity contribution in [2.45, 2.75) is 69.9 Å². The molecule has 0 N–H and O–H groups in total. The molecule has 3 aliphatic rings. The largest absolute Gasteiger partial charge is 0.497 e. The van der Waals surface area contributed by atoms with E-state index in [2.05, 4.69) is 66.1 Å². The van der Waals surface area contributed by atoms with Crippen LogP contribution in [0.15, 0.2) is 54.6 Å². The Morgan fingerprint density at radius 2 is 1.72 bits per heavy atom. The number of benzene rings is 2. The van der Waals surface area contributed by atoms with E-state index < -0.39 is 0 Å². The topological polar surface area (TPSA) is 42.0 Å². The molecule has 2 aromatic carbocycles. The SMILES string of the molecule is CCC(C)CC1(c2ccccc2)CCC2(CC1)CN(Cc1ccc(OC)cc1)C(=O)N2CC1COC1.